The van der Waals surface area contributed by atoms with Gasteiger partial charge in [0, 0.05) is 32.9 Å². The molecule has 1 atom stereocenters. The number of rotatable bonds is 5. The molecule has 2 heteroatoms. The Morgan fingerprint density at radius 3 is 1.75 bits per heavy atom. The highest BCUT2D eigenvalue weighted by atomic mass is 15.0. The zero-order valence-electron chi connectivity index (χ0n) is 30.2. The maximum absolute atomic E-state index is 4.04. The molecule has 0 radical (unpaired) electrons. The van der Waals surface area contributed by atoms with Gasteiger partial charge >= 0.3 is 0 Å². The molecular weight excluding hydrogens is 665 g/mol. The Balaban J connectivity index is 1.19. The van der Waals surface area contributed by atoms with E-state index in [1.54, 1.807) is 0 Å². The SMILES string of the molecule is C1=C(c2ccccc2)C=C(c2cccc(-c3ccccc3)c2)NC1c1cc2c3ccccc3c3c(c4ccccc4n3-c3ccccc3)c2c2ccccc12. The lowest BCUT2D eigenvalue weighted by molar-refractivity contribution is 0.774. The van der Waals surface area contributed by atoms with Gasteiger partial charge in [0.15, 0.2) is 0 Å². The van der Waals surface area contributed by atoms with Crippen molar-refractivity contribution in [2.24, 2.45) is 0 Å². The van der Waals surface area contributed by atoms with E-state index in [0.717, 1.165) is 5.70 Å². The third-order valence-corrected chi connectivity index (χ3v) is 11.4. The van der Waals surface area contributed by atoms with Crippen molar-refractivity contribution < 1.29 is 0 Å². The number of hydrogen-bond donors (Lipinski definition) is 1. The van der Waals surface area contributed by atoms with Gasteiger partial charge in [-0.3, -0.25) is 0 Å². The summed E-state index contributed by atoms with van der Waals surface area (Å²) in [6, 6.07) is 70.4. The second kappa shape index (κ2) is 12.8. The molecule has 0 saturated carbocycles. The summed E-state index contributed by atoms with van der Waals surface area (Å²) in [6.07, 6.45) is 4.73. The van der Waals surface area contributed by atoms with Crippen molar-refractivity contribution in [2.75, 3.05) is 0 Å². The second-order valence-electron chi connectivity index (χ2n) is 14.5. The molecule has 1 unspecified atom stereocenters. The molecule has 258 valence electrons. The van der Waals surface area contributed by atoms with Crippen molar-refractivity contribution in [3.05, 3.63) is 223 Å². The number of hydrogen-bond acceptors (Lipinski definition) is 1. The summed E-state index contributed by atoms with van der Waals surface area (Å²) in [6.45, 7) is 0. The Bertz CT molecular complexity index is 3150. The van der Waals surface area contributed by atoms with Gasteiger partial charge in [0.25, 0.3) is 0 Å². The van der Waals surface area contributed by atoms with Crippen molar-refractivity contribution >= 4 is 65.4 Å². The number of dihydropyridines is 1. The van der Waals surface area contributed by atoms with Gasteiger partial charge in [-0.05, 0) is 97.4 Å². The lowest BCUT2D eigenvalue weighted by Crippen LogP contribution is -2.22. The van der Waals surface area contributed by atoms with Gasteiger partial charge < -0.3 is 9.88 Å². The predicted molar refractivity (Wildman–Crippen MR) is 233 cm³/mol. The summed E-state index contributed by atoms with van der Waals surface area (Å²) < 4.78 is 2.47. The van der Waals surface area contributed by atoms with Crippen molar-refractivity contribution in [1.29, 1.82) is 0 Å². The molecule has 0 bridgehead atoms. The Morgan fingerprint density at radius 1 is 0.400 bits per heavy atom. The molecule has 0 spiro atoms. The number of fused-ring (bicyclic) bond motifs is 10. The third-order valence-electron chi connectivity index (χ3n) is 11.4. The largest absolute Gasteiger partial charge is 0.374 e. The van der Waals surface area contributed by atoms with Crippen LogP contribution in [0.3, 0.4) is 0 Å². The molecule has 9 aromatic carbocycles. The summed E-state index contributed by atoms with van der Waals surface area (Å²) in [5, 5.41) is 14.2. The Morgan fingerprint density at radius 2 is 0.982 bits per heavy atom. The summed E-state index contributed by atoms with van der Waals surface area (Å²) in [4.78, 5) is 0. The van der Waals surface area contributed by atoms with E-state index in [4.69, 9.17) is 0 Å². The van der Waals surface area contributed by atoms with Crippen LogP contribution in [-0.4, -0.2) is 4.57 Å². The van der Waals surface area contributed by atoms with Crippen molar-refractivity contribution in [3.8, 4) is 16.8 Å². The summed E-state index contributed by atoms with van der Waals surface area (Å²) in [5.74, 6) is 0. The van der Waals surface area contributed by atoms with Crippen molar-refractivity contribution in [3.63, 3.8) is 0 Å². The standard InChI is InChI=1S/C53H36N2/c1-4-17-35(18-5-1)37-21-16-22-38(31-37)48-32-39(36-19-6-2-7-20-36)33-49(54-48)46-34-47-42-26-11-13-28-44(42)53-52(51(47)43-27-12-10-25-41(43)46)45-29-14-15-30-50(45)55(53)40-23-8-3-9-24-40/h1-34,49,54H. The third kappa shape index (κ3) is 5.10. The summed E-state index contributed by atoms with van der Waals surface area (Å²) in [5.41, 5.74) is 12.0. The Hall–Kier alpha value is -7.16. The highest BCUT2D eigenvalue weighted by molar-refractivity contribution is 6.37. The van der Waals surface area contributed by atoms with E-state index in [1.807, 2.05) is 0 Å². The predicted octanol–water partition coefficient (Wildman–Crippen LogP) is 13.7. The molecule has 0 amide bonds. The van der Waals surface area contributed by atoms with Crippen molar-refractivity contribution in [2.45, 2.75) is 6.04 Å². The molecule has 2 heterocycles. The number of para-hydroxylation sites is 2. The first-order chi connectivity index (χ1) is 27.3. The molecule has 2 nitrogen and oxygen atoms in total. The second-order valence-corrected chi connectivity index (χ2v) is 14.5. The van der Waals surface area contributed by atoms with Crippen molar-refractivity contribution in [1.82, 2.24) is 9.88 Å². The highest BCUT2D eigenvalue weighted by Gasteiger charge is 2.25. The Labute approximate surface area is 319 Å². The van der Waals surface area contributed by atoms with Crippen LogP contribution in [-0.2, 0) is 0 Å². The van der Waals surface area contributed by atoms with E-state index in [2.05, 4.69) is 216 Å². The van der Waals surface area contributed by atoms with E-state index in [0.29, 0.717) is 0 Å². The fourth-order valence-corrected chi connectivity index (χ4v) is 8.94. The summed E-state index contributed by atoms with van der Waals surface area (Å²) in [7, 11) is 0. The average Bonchev–Trinajstić information content (AvgIpc) is 3.62. The number of benzene rings is 9. The van der Waals surface area contributed by atoms with Crippen LogP contribution >= 0.6 is 0 Å². The molecule has 55 heavy (non-hydrogen) atoms. The van der Waals surface area contributed by atoms with Gasteiger partial charge in [-0.15, -0.1) is 0 Å². The van der Waals surface area contributed by atoms with Gasteiger partial charge in [0.05, 0.1) is 17.1 Å². The first-order valence-corrected chi connectivity index (χ1v) is 19.1. The Kier molecular flexibility index (Phi) is 7.28. The normalized spacial score (nSPS) is 14.4. The van der Waals surface area contributed by atoms with Crippen LogP contribution in [0.15, 0.2) is 206 Å². The number of allylic oxidation sites excluding steroid dienone is 2. The fourth-order valence-electron chi connectivity index (χ4n) is 8.94. The first-order valence-electron chi connectivity index (χ1n) is 19.1. The van der Waals surface area contributed by atoms with E-state index in [-0.39, 0.29) is 6.04 Å². The topological polar surface area (TPSA) is 17.0 Å². The van der Waals surface area contributed by atoms with Gasteiger partial charge in [0.2, 0.25) is 0 Å². The van der Waals surface area contributed by atoms with Gasteiger partial charge in [-0.1, -0.05) is 164 Å². The molecule has 10 aromatic rings. The van der Waals surface area contributed by atoms with Crippen LogP contribution in [0.5, 0.6) is 0 Å². The smallest absolute Gasteiger partial charge is 0.0713 e. The van der Waals surface area contributed by atoms with E-state index >= 15 is 0 Å². The molecule has 1 aliphatic heterocycles. The molecule has 0 saturated heterocycles. The minimum Gasteiger partial charge on any atom is -0.374 e. The van der Waals surface area contributed by atoms with Crippen LogP contribution in [0.25, 0.3) is 82.2 Å². The van der Waals surface area contributed by atoms with Crippen LogP contribution < -0.4 is 5.32 Å². The average molecular weight is 701 g/mol. The molecule has 0 fully saturated rings. The van der Waals surface area contributed by atoms with Crippen LogP contribution in [0.1, 0.15) is 22.7 Å². The van der Waals surface area contributed by atoms with E-state index in [1.165, 1.54) is 93.2 Å². The molecule has 0 aliphatic carbocycles. The zero-order valence-corrected chi connectivity index (χ0v) is 30.2. The minimum atomic E-state index is -0.0787. The quantitative estimate of drug-likeness (QED) is 0.177. The molecular formula is C53H36N2. The lowest BCUT2D eigenvalue weighted by atomic mass is 9.86. The van der Waals surface area contributed by atoms with Crippen LogP contribution in [0.4, 0.5) is 0 Å². The van der Waals surface area contributed by atoms with E-state index in [9.17, 15) is 0 Å². The van der Waals surface area contributed by atoms with Gasteiger partial charge in [-0.25, -0.2) is 0 Å². The molecule has 1 N–H and O–H groups in total. The van der Waals surface area contributed by atoms with E-state index < -0.39 is 0 Å². The number of nitrogens with zero attached hydrogens (tertiary/aromatic N) is 1. The lowest BCUT2D eigenvalue weighted by Gasteiger charge is -2.27. The van der Waals surface area contributed by atoms with Crippen LogP contribution in [0.2, 0.25) is 0 Å². The molecule has 1 aliphatic rings. The number of aromatic nitrogens is 1. The monoisotopic (exact) mass is 700 g/mol. The first kappa shape index (κ1) is 31.4. The van der Waals surface area contributed by atoms with Crippen LogP contribution in [0, 0.1) is 0 Å². The maximum atomic E-state index is 4.04. The van der Waals surface area contributed by atoms with Gasteiger partial charge in [-0.2, -0.15) is 0 Å². The fraction of sp³-hybridized carbons (Fsp3) is 0.0189. The van der Waals surface area contributed by atoms with Gasteiger partial charge in [0.1, 0.15) is 0 Å². The maximum Gasteiger partial charge on any atom is 0.0713 e. The zero-order chi connectivity index (χ0) is 36.3. The minimum absolute atomic E-state index is 0.0787. The summed E-state index contributed by atoms with van der Waals surface area (Å²) >= 11 is 0. The molecule has 11 rings (SSSR count). The number of nitrogens with one attached hydrogen (secondary N) is 1. The highest BCUT2D eigenvalue weighted by Crippen LogP contribution is 2.47. The molecule has 1 aromatic heterocycles.